The summed E-state index contributed by atoms with van der Waals surface area (Å²) in [4.78, 5) is 13.5. The third-order valence-corrected chi connectivity index (χ3v) is 9.82. The molecule has 6 nitrogen and oxygen atoms in total. The van der Waals surface area contributed by atoms with Gasteiger partial charge in [-0.3, -0.25) is 4.79 Å². The van der Waals surface area contributed by atoms with Gasteiger partial charge in [0, 0.05) is 19.6 Å². The fraction of sp³-hybridized carbons (Fsp3) is 0.917. The van der Waals surface area contributed by atoms with Crippen LogP contribution in [-0.4, -0.2) is 51.5 Å². The van der Waals surface area contributed by atoms with Crippen LogP contribution < -0.4 is 11.6 Å². The van der Waals surface area contributed by atoms with Gasteiger partial charge in [0.25, 0.3) is 0 Å². The number of rotatable bonds is 6. The van der Waals surface area contributed by atoms with Crippen LogP contribution in [0.3, 0.4) is 0 Å². The summed E-state index contributed by atoms with van der Waals surface area (Å²) in [5.74, 6) is 10.3. The highest BCUT2D eigenvalue weighted by Gasteiger charge is 2.59. The van der Waals surface area contributed by atoms with Crippen molar-refractivity contribution in [2.45, 2.75) is 77.0 Å². The molecule has 0 bridgehead atoms. The number of hydrazine groups is 1. The lowest BCUT2D eigenvalue weighted by Gasteiger charge is -2.56. The lowest BCUT2D eigenvalue weighted by molar-refractivity contribution is -0.135. The Bertz CT molecular complexity index is 744. The largest absolute Gasteiger partial charge is 0.386 e. The van der Waals surface area contributed by atoms with Crippen molar-refractivity contribution in [1.29, 1.82) is 0 Å². The molecule has 8 heteroatoms. The fourth-order valence-electron chi connectivity index (χ4n) is 8.41. The summed E-state index contributed by atoms with van der Waals surface area (Å²) in [6.07, 6.45) is 10.8. The molecule has 0 spiro atoms. The van der Waals surface area contributed by atoms with Gasteiger partial charge >= 0.3 is 0 Å². The summed E-state index contributed by atoms with van der Waals surface area (Å²) in [5, 5.41) is 2.92. The minimum atomic E-state index is -1.85. The number of nitrogens with zero attached hydrogens (tertiary/aromatic N) is 2. The summed E-state index contributed by atoms with van der Waals surface area (Å²) in [6.45, 7) is 4.81. The SMILES string of the molecule is [B]C([B])(C(=O)C1CCC2C3CCC4CC(COC)CCC4C3CCC12C)N(N)/N=C(/C)N. The molecule has 4 aliphatic rings. The smallest absolute Gasteiger partial charge is 0.146 e. The van der Waals surface area contributed by atoms with Crippen molar-refractivity contribution in [3.63, 3.8) is 0 Å². The number of nitrogens with two attached hydrogens (primary N) is 2. The summed E-state index contributed by atoms with van der Waals surface area (Å²) in [5.41, 5.74) is 5.56. The number of ether oxygens (including phenoxy) is 1. The first kappa shape index (κ1) is 24.1. The number of amidine groups is 1. The van der Waals surface area contributed by atoms with Crippen molar-refractivity contribution in [3.05, 3.63) is 0 Å². The average Bonchev–Trinajstić information content (AvgIpc) is 3.09. The Morgan fingerprint density at radius 1 is 1.12 bits per heavy atom. The predicted molar refractivity (Wildman–Crippen MR) is 129 cm³/mol. The Kier molecular flexibility index (Phi) is 6.77. The van der Waals surface area contributed by atoms with E-state index in [1.54, 1.807) is 6.92 Å². The van der Waals surface area contributed by atoms with Crippen LogP contribution in [0.2, 0.25) is 0 Å². The van der Waals surface area contributed by atoms with Crippen molar-refractivity contribution in [2.24, 2.45) is 63.5 Å². The Morgan fingerprint density at radius 2 is 1.84 bits per heavy atom. The van der Waals surface area contributed by atoms with E-state index in [0.29, 0.717) is 5.92 Å². The first-order chi connectivity index (χ1) is 15.1. The minimum absolute atomic E-state index is 0.0648. The Balaban J connectivity index is 1.49. The van der Waals surface area contributed by atoms with E-state index >= 15 is 0 Å². The molecule has 4 radical (unpaired) electrons. The van der Waals surface area contributed by atoms with Crippen molar-refractivity contribution in [3.8, 4) is 0 Å². The second-order valence-electron chi connectivity index (χ2n) is 11.5. The maximum absolute atomic E-state index is 13.5. The summed E-state index contributed by atoms with van der Waals surface area (Å²) >= 11 is 0. The van der Waals surface area contributed by atoms with Gasteiger partial charge in [0.05, 0.1) is 5.34 Å². The van der Waals surface area contributed by atoms with Gasteiger partial charge in [0.15, 0.2) is 0 Å². The number of carbonyl (C=O) groups is 1. The number of fused-ring (bicyclic) bond motifs is 5. The second kappa shape index (κ2) is 8.98. The van der Waals surface area contributed by atoms with E-state index in [9.17, 15) is 4.79 Å². The van der Waals surface area contributed by atoms with Crippen LogP contribution in [0.5, 0.6) is 0 Å². The molecule has 0 aromatic heterocycles. The van der Waals surface area contributed by atoms with E-state index in [1.807, 2.05) is 7.11 Å². The zero-order valence-electron chi connectivity index (χ0n) is 20.1. The van der Waals surface area contributed by atoms with E-state index in [0.717, 1.165) is 60.6 Å². The highest BCUT2D eigenvalue weighted by Crippen LogP contribution is 2.64. The minimum Gasteiger partial charge on any atom is -0.386 e. The molecule has 8 unspecified atom stereocenters. The molecule has 0 amide bonds. The van der Waals surface area contributed by atoms with Crippen molar-refractivity contribution < 1.29 is 9.53 Å². The first-order valence-corrected chi connectivity index (χ1v) is 12.6. The van der Waals surface area contributed by atoms with E-state index in [2.05, 4.69) is 12.0 Å². The predicted octanol–water partition coefficient (Wildman–Crippen LogP) is 2.55. The molecule has 0 saturated heterocycles. The monoisotopic (exact) mass is 438 g/mol. The topological polar surface area (TPSA) is 93.9 Å². The quantitative estimate of drug-likeness (QED) is 0.219. The van der Waals surface area contributed by atoms with Crippen LogP contribution in [-0.2, 0) is 9.53 Å². The lowest BCUT2D eigenvalue weighted by Crippen LogP contribution is -2.61. The number of methoxy groups -OCH3 is 1. The molecule has 4 saturated carbocycles. The molecule has 0 aliphatic heterocycles. The van der Waals surface area contributed by atoms with Crippen LogP contribution in [0, 0.1) is 46.8 Å². The number of ketones is 1. The molecule has 0 aromatic carbocycles. The van der Waals surface area contributed by atoms with Crippen LogP contribution in [0.25, 0.3) is 0 Å². The zero-order valence-corrected chi connectivity index (χ0v) is 20.1. The van der Waals surface area contributed by atoms with Gasteiger partial charge < -0.3 is 10.5 Å². The van der Waals surface area contributed by atoms with Crippen LogP contribution in [0.4, 0.5) is 0 Å². The van der Waals surface area contributed by atoms with Gasteiger partial charge in [-0.1, -0.05) is 6.92 Å². The summed E-state index contributed by atoms with van der Waals surface area (Å²) in [7, 11) is 14.3. The van der Waals surface area contributed by atoms with Crippen LogP contribution >= 0.6 is 0 Å². The highest BCUT2D eigenvalue weighted by molar-refractivity contribution is 6.51. The summed E-state index contributed by atoms with van der Waals surface area (Å²) in [6, 6.07) is 0. The molecular weight excluding hydrogens is 398 g/mol. The van der Waals surface area contributed by atoms with Gasteiger partial charge in [0.2, 0.25) is 0 Å². The van der Waals surface area contributed by atoms with E-state index in [1.165, 1.54) is 38.5 Å². The third kappa shape index (κ3) is 4.04. The molecule has 4 N–H and O–H groups in total. The Hall–Kier alpha value is -1.01. The maximum Gasteiger partial charge on any atom is 0.146 e. The molecule has 0 heterocycles. The van der Waals surface area contributed by atoms with Gasteiger partial charge in [-0.05, 0) is 106 Å². The average molecular weight is 438 g/mol. The molecule has 32 heavy (non-hydrogen) atoms. The van der Waals surface area contributed by atoms with E-state index in [-0.39, 0.29) is 23.0 Å². The maximum atomic E-state index is 13.5. The van der Waals surface area contributed by atoms with Gasteiger partial charge in [-0.2, -0.15) is 5.10 Å². The fourth-order valence-corrected chi connectivity index (χ4v) is 8.41. The van der Waals surface area contributed by atoms with E-state index < -0.39 is 5.34 Å². The highest BCUT2D eigenvalue weighted by atomic mass is 16.5. The normalized spacial score (nSPS) is 42.0. The molecule has 174 valence electrons. The number of Topliss-reactive ketones (excluding diaryl/α,β-unsaturated/α-hetero) is 1. The van der Waals surface area contributed by atoms with Crippen molar-refractivity contribution >= 4 is 27.3 Å². The van der Waals surface area contributed by atoms with Crippen molar-refractivity contribution in [1.82, 2.24) is 5.12 Å². The molecule has 0 aromatic rings. The molecule has 4 rings (SSSR count). The molecule has 4 fully saturated rings. The number of carbonyl (C=O) groups excluding carboxylic acids is 1. The van der Waals surface area contributed by atoms with Crippen LogP contribution in [0.15, 0.2) is 5.10 Å². The Labute approximate surface area is 196 Å². The summed E-state index contributed by atoms with van der Waals surface area (Å²) < 4.78 is 5.46. The van der Waals surface area contributed by atoms with Gasteiger partial charge in [-0.15, -0.1) is 0 Å². The van der Waals surface area contributed by atoms with Crippen molar-refractivity contribution in [2.75, 3.05) is 13.7 Å². The lowest BCUT2D eigenvalue weighted by atomic mass is 9.47. The number of hydrazone groups is 1. The standard InChI is InChI=1S/C24H40B2N4O2/c1-14(27)29-30(28)24(25,26)22(31)21-9-8-20-19-7-5-16-12-15(13-32-3)4-6-17(16)18(19)10-11-23(20,21)2/h15-21H,4-13,28H2,1-3H3,(H2,27,29). The Morgan fingerprint density at radius 3 is 2.53 bits per heavy atom. The molecular formula is C24H40B2N4O2. The zero-order chi connectivity index (χ0) is 23.3. The second-order valence-corrected chi connectivity index (χ2v) is 11.5. The molecule has 8 atom stereocenters. The first-order valence-electron chi connectivity index (χ1n) is 12.6. The van der Waals surface area contributed by atoms with Crippen LogP contribution in [0.1, 0.15) is 71.6 Å². The van der Waals surface area contributed by atoms with Gasteiger partial charge in [-0.25, -0.2) is 11.0 Å². The third-order valence-electron chi connectivity index (χ3n) is 9.82. The van der Waals surface area contributed by atoms with E-state index in [4.69, 9.17) is 32.0 Å². The van der Waals surface area contributed by atoms with Gasteiger partial charge in [0.1, 0.15) is 27.3 Å². The number of hydrogen-bond acceptors (Lipinski definition) is 5. The number of hydrogen-bond donors (Lipinski definition) is 2. The molecule has 4 aliphatic carbocycles.